The lowest BCUT2D eigenvalue weighted by Gasteiger charge is -2.23. The Labute approximate surface area is 166 Å². The summed E-state index contributed by atoms with van der Waals surface area (Å²) in [5.41, 5.74) is 2.55. The minimum absolute atomic E-state index is 0.00108. The van der Waals surface area contributed by atoms with Crippen molar-refractivity contribution in [2.45, 2.75) is 25.5 Å². The summed E-state index contributed by atoms with van der Waals surface area (Å²) < 4.78 is 12.4. The largest absolute Gasteiger partial charge is 0.504 e. The summed E-state index contributed by atoms with van der Waals surface area (Å²) in [5, 5.41) is 11.4. The summed E-state index contributed by atoms with van der Waals surface area (Å²) in [7, 11) is 0. The first kappa shape index (κ1) is 17.5. The Morgan fingerprint density at radius 2 is 2.14 bits per heavy atom. The van der Waals surface area contributed by atoms with Gasteiger partial charge in [-0.15, -0.1) is 11.3 Å². The van der Waals surface area contributed by atoms with E-state index in [9.17, 15) is 9.90 Å². The van der Waals surface area contributed by atoms with Crippen molar-refractivity contribution in [3.63, 3.8) is 0 Å². The second-order valence-electron chi connectivity index (χ2n) is 7.08. The number of rotatable bonds is 2. The van der Waals surface area contributed by atoms with Crippen molar-refractivity contribution in [3.8, 4) is 22.1 Å². The van der Waals surface area contributed by atoms with Crippen LogP contribution in [0.15, 0.2) is 36.4 Å². The number of aromatic hydroxyl groups is 1. The van der Waals surface area contributed by atoms with Gasteiger partial charge in [0, 0.05) is 24.3 Å². The molecule has 6 nitrogen and oxygen atoms in total. The molecule has 1 amide bonds. The van der Waals surface area contributed by atoms with Crippen LogP contribution in [0, 0.1) is 0 Å². The fourth-order valence-corrected chi connectivity index (χ4v) is 4.74. The number of thiazole rings is 1. The van der Waals surface area contributed by atoms with Crippen molar-refractivity contribution in [1.82, 2.24) is 9.88 Å². The highest BCUT2D eigenvalue weighted by atomic mass is 32.1. The maximum Gasteiger partial charge on any atom is 0.252 e. The van der Waals surface area contributed by atoms with Crippen molar-refractivity contribution in [1.29, 1.82) is 0 Å². The zero-order valence-electron chi connectivity index (χ0n) is 15.3. The van der Waals surface area contributed by atoms with Crippen LogP contribution >= 0.6 is 11.3 Å². The maximum atomic E-state index is 12.8. The van der Waals surface area contributed by atoms with E-state index in [0.29, 0.717) is 32.1 Å². The average Bonchev–Trinajstić information content (AvgIpc) is 3.33. The molecule has 1 N–H and O–H groups in total. The molecule has 0 unspecified atom stereocenters. The van der Waals surface area contributed by atoms with Gasteiger partial charge in [0.1, 0.15) is 17.7 Å². The van der Waals surface area contributed by atoms with Crippen LogP contribution in [0.5, 0.6) is 11.5 Å². The Bertz CT molecular complexity index is 1010. The summed E-state index contributed by atoms with van der Waals surface area (Å²) in [6.45, 7) is 1.85. The predicted octanol–water partition coefficient (Wildman–Crippen LogP) is 3.57. The maximum absolute atomic E-state index is 12.8. The molecule has 0 aliphatic carbocycles. The third-order valence-electron chi connectivity index (χ3n) is 5.17. The van der Waals surface area contributed by atoms with Gasteiger partial charge < -0.3 is 19.5 Å². The molecule has 1 atom stereocenters. The molecule has 144 valence electrons. The van der Waals surface area contributed by atoms with Crippen LogP contribution in [-0.4, -0.2) is 46.8 Å². The second-order valence-corrected chi connectivity index (χ2v) is 8.11. The number of carbonyl (C=O) groups excluding carboxylic acids is 1. The zero-order chi connectivity index (χ0) is 19.1. The highest BCUT2D eigenvalue weighted by Gasteiger charge is 2.30. The lowest BCUT2D eigenvalue weighted by Crippen LogP contribution is -2.39. The fourth-order valence-electron chi connectivity index (χ4n) is 3.78. The number of para-hydroxylation sites is 1. The molecule has 3 aromatic rings. The molecule has 0 bridgehead atoms. The Morgan fingerprint density at radius 3 is 2.96 bits per heavy atom. The SMILES string of the molecule is O=C([C@@H]1CCCO1)N1CCOc2c(O)cc(-c3nc4ccccc4s3)cc2C1. The molecule has 2 aliphatic heterocycles. The lowest BCUT2D eigenvalue weighted by molar-refractivity contribution is -0.141. The first-order valence-corrected chi connectivity index (χ1v) is 10.3. The summed E-state index contributed by atoms with van der Waals surface area (Å²) >= 11 is 1.58. The first-order chi connectivity index (χ1) is 13.7. The topological polar surface area (TPSA) is 71.9 Å². The molecule has 2 aromatic carbocycles. The number of phenolic OH excluding ortho intramolecular Hbond substituents is 1. The molecule has 7 heteroatoms. The van der Waals surface area contributed by atoms with Crippen LogP contribution in [0.4, 0.5) is 0 Å². The Balaban J connectivity index is 1.50. The van der Waals surface area contributed by atoms with Gasteiger partial charge in [-0.2, -0.15) is 0 Å². The number of phenols is 1. The third kappa shape index (κ3) is 3.10. The van der Waals surface area contributed by atoms with Gasteiger partial charge in [-0.25, -0.2) is 4.98 Å². The van der Waals surface area contributed by atoms with Gasteiger partial charge in [0.05, 0.1) is 16.8 Å². The van der Waals surface area contributed by atoms with Crippen LogP contribution in [0.25, 0.3) is 20.8 Å². The summed E-state index contributed by atoms with van der Waals surface area (Å²) in [6.07, 6.45) is 1.32. The van der Waals surface area contributed by atoms with Gasteiger partial charge >= 0.3 is 0 Å². The second kappa shape index (κ2) is 7.07. The number of hydrogen-bond acceptors (Lipinski definition) is 6. The van der Waals surface area contributed by atoms with E-state index in [0.717, 1.165) is 39.2 Å². The van der Waals surface area contributed by atoms with Crippen molar-refractivity contribution in [3.05, 3.63) is 42.0 Å². The smallest absolute Gasteiger partial charge is 0.252 e. The summed E-state index contributed by atoms with van der Waals surface area (Å²) in [6, 6.07) is 11.6. The van der Waals surface area contributed by atoms with Crippen LogP contribution in [0.1, 0.15) is 18.4 Å². The number of nitrogens with zero attached hydrogens (tertiary/aromatic N) is 2. The highest BCUT2D eigenvalue weighted by Crippen LogP contribution is 2.39. The molecule has 28 heavy (non-hydrogen) atoms. The van der Waals surface area contributed by atoms with Crippen LogP contribution < -0.4 is 4.74 Å². The average molecular weight is 396 g/mol. The standard InChI is InChI=1S/C21H20N2O4S/c24-16-11-13(20-22-15-4-1-2-6-18(15)28-20)10-14-12-23(7-9-27-19(14)16)21(25)17-5-3-8-26-17/h1-2,4,6,10-11,17,24H,3,5,7-9,12H2/t17-/m0/s1. The highest BCUT2D eigenvalue weighted by molar-refractivity contribution is 7.21. The molecule has 5 rings (SSSR count). The number of carbonyl (C=O) groups is 1. The molecule has 1 fully saturated rings. The number of fused-ring (bicyclic) bond motifs is 2. The molecule has 0 spiro atoms. The van der Waals surface area contributed by atoms with Gasteiger partial charge in [-0.05, 0) is 37.1 Å². The van der Waals surface area contributed by atoms with E-state index in [4.69, 9.17) is 9.47 Å². The molecule has 1 aromatic heterocycles. The Kier molecular flexibility index (Phi) is 4.41. The molecule has 1 saturated heterocycles. The molecule has 0 radical (unpaired) electrons. The Hall–Kier alpha value is -2.64. The van der Waals surface area contributed by atoms with Crippen molar-refractivity contribution in [2.75, 3.05) is 19.8 Å². The number of ether oxygens (including phenoxy) is 2. The van der Waals surface area contributed by atoms with E-state index in [1.54, 1.807) is 22.3 Å². The van der Waals surface area contributed by atoms with Gasteiger partial charge in [0.15, 0.2) is 11.5 Å². The van der Waals surface area contributed by atoms with Crippen LogP contribution in [0.2, 0.25) is 0 Å². The first-order valence-electron chi connectivity index (χ1n) is 9.44. The van der Waals surface area contributed by atoms with Gasteiger partial charge in [0.25, 0.3) is 5.91 Å². The van der Waals surface area contributed by atoms with E-state index in [-0.39, 0.29) is 17.8 Å². The van der Waals surface area contributed by atoms with Crippen LogP contribution in [0.3, 0.4) is 0 Å². The summed E-state index contributed by atoms with van der Waals surface area (Å²) in [5.74, 6) is 0.532. The van der Waals surface area contributed by atoms with Gasteiger partial charge in [0.2, 0.25) is 0 Å². The van der Waals surface area contributed by atoms with E-state index in [2.05, 4.69) is 4.98 Å². The van der Waals surface area contributed by atoms with E-state index in [1.165, 1.54) is 0 Å². The summed E-state index contributed by atoms with van der Waals surface area (Å²) in [4.78, 5) is 19.2. The molecular weight excluding hydrogens is 376 g/mol. The predicted molar refractivity (Wildman–Crippen MR) is 107 cm³/mol. The third-order valence-corrected chi connectivity index (χ3v) is 6.26. The molecule has 2 aliphatic rings. The minimum Gasteiger partial charge on any atom is -0.504 e. The van der Waals surface area contributed by atoms with Gasteiger partial charge in [-0.1, -0.05) is 12.1 Å². The number of amides is 1. The fraction of sp³-hybridized carbons (Fsp3) is 0.333. The number of aromatic nitrogens is 1. The van der Waals surface area contributed by atoms with E-state index in [1.807, 2.05) is 30.3 Å². The molecule has 3 heterocycles. The molecule has 0 saturated carbocycles. The molecular formula is C21H20N2O4S. The minimum atomic E-state index is -0.359. The van der Waals surface area contributed by atoms with Crippen molar-refractivity contribution >= 4 is 27.5 Å². The van der Waals surface area contributed by atoms with E-state index < -0.39 is 0 Å². The number of benzene rings is 2. The quantitative estimate of drug-likeness (QED) is 0.717. The monoisotopic (exact) mass is 396 g/mol. The van der Waals surface area contributed by atoms with Crippen molar-refractivity contribution in [2.24, 2.45) is 0 Å². The normalized spacial score (nSPS) is 19.3. The van der Waals surface area contributed by atoms with Crippen molar-refractivity contribution < 1.29 is 19.4 Å². The Morgan fingerprint density at radius 1 is 1.25 bits per heavy atom. The van der Waals surface area contributed by atoms with Gasteiger partial charge in [-0.3, -0.25) is 4.79 Å². The lowest BCUT2D eigenvalue weighted by atomic mass is 10.1. The van der Waals surface area contributed by atoms with E-state index >= 15 is 0 Å². The zero-order valence-corrected chi connectivity index (χ0v) is 16.1. The number of hydrogen-bond donors (Lipinski definition) is 1. The van der Waals surface area contributed by atoms with Crippen LogP contribution in [-0.2, 0) is 16.1 Å².